The zero-order chi connectivity index (χ0) is 29.3. The molecule has 2 atom stereocenters. The van der Waals surface area contributed by atoms with Crippen LogP contribution >= 0.6 is 0 Å². The number of ether oxygens (including phenoxy) is 2. The highest BCUT2D eigenvalue weighted by atomic mass is 19.1. The lowest BCUT2D eigenvalue weighted by Crippen LogP contribution is -2.19. The number of allylic oxidation sites excluding steroid dienone is 3. The zero-order valence-corrected chi connectivity index (χ0v) is 23.4. The molecular formula is C33H33FN2O5. The van der Waals surface area contributed by atoms with Crippen LogP contribution in [0.3, 0.4) is 0 Å². The number of halogens is 1. The molecule has 1 aliphatic heterocycles. The summed E-state index contributed by atoms with van der Waals surface area (Å²) in [5.41, 5.74) is 6.85. The van der Waals surface area contributed by atoms with Gasteiger partial charge in [0, 0.05) is 48.1 Å². The number of aryl methyl sites for hydroxylation is 3. The van der Waals surface area contributed by atoms with E-state index in [0.717, 1.165) is 51.8 Å². The third-order valence-corrected chi connectivity index (χ3v) is 7.74. The Bertz CT molecular complexity index is 1630. The van der Waals surface area contributed by atoms with Crippen LogP contribution in [0.1, 0.15) is 53.9 Å². The van der Waals surface area contributed by atoms with Crippen molar-refractivity contribution in [2.45, 2.75) is 51.6 Å². The molecule has 5 rings (SSSR count). The van der Waals surface area contributed by atoms with E-state index in [-0.39, 0.29) is 23.6 Å². The SMILES string of the molecule is C=C1/C(F)=C\C=C(\c2c(C)cc(-c3cnc(=O)n(C)c3)cc2C)CCC[C@H]1Oc1ccc2c(c1)OC[C@H]2CC(=O)O. The van der Waals surface area contributed by atoms with Crippen LogP contribution in [0.4, 0.5) is 4.39 Å². The molecule has 212 valence electrons. The fourth-order valence-corrected chi connectivity index (χ4v) is 5.68. The molecule has 0 fully saturated rings. The second kappa shape index (κ2) is 11.6. The van der Waals surface area contributed by atoms with Crippen LogP contribution in [0.15, 0.2) is 77.7 Å². The van der Waals surface area contributed by atoms with Gasteiger partial charge < -0.3 is 19.1 Å². The minimum atomic E-state index is -0.869. The first kappa shape index (κ1) is 28.1. The van der Waals surface area contributed by atoms with Gasteiger partial charge in [-0.1, -0.05) is 30.9 Å². The number of rotatable bonds is 6. The molecule has 1 aliphatic carbocycles. The number of carbonyl (C=O) groups is 1. The number of benzene rings is 2. The number of carboxylic acids is 1. The second-order valence-corrected chi connectivity index (χ2v) is 10.8. The van der Waals surface area contributed by atoms with Gasteiger partial charge in [-0.25, -0.2) is 14.2 Å². The van der Waals surface area contributed by atoms with Crippen LogP contribution in [-0.4, -0.2) is 33.3 Å². The quantitative estimate of drug-likeness (QED) is 0.376. The van der Waals surface area contributed by atoms with Crippen molar-refractivity contribution in [2.24, 2.45) is 7.05 Å². The van der Waals surface area contributed by atoms with E-state index in [4.69, 9.17) is 14.6 Å². The molecule has 3 aromatic rings. The number of fused-ring (bicyclic) bond motifs is 1. The van der Waals surface area contributed by atoms with Crippen molar-refractivity contribution in [2.75, 3.05) is 6.61 Å². The van der Waals surface area contributed by atoms with Gasteiger partial charge in [0.05, 0.1) is 13.0 Å². The van der Waals surface area contributed by atoms with Crippen molar-refractivity contribution in [3.63, 3.8) is 0 Å². The van der Waals surface area contributed by atoms with Crippen LogP contribution in [0.2, 0.25) is 0 Å². The summed E-state index contributed by atoms with van der Waals surface area (Å²) in [7, 11) is 1.68. The van der Waals surface area contributed by atoms with Crippen molar-refractivity contribution in [3.8, 4) is 22.6 Å². The molecule has 0 radical (unpaired) electrons. The molecule has 0 saturated carbocycles. The number of carboxylic acid groups (broad SMARTS) is 1. The second-order valence-electron chi connectivity index (χ2n) is 10.8. The lowest BCUT2D eigenvalue weighted by Gasteiger charge is -2.21. The van der Waals surface area contributed by atoms with Crippen LogP contribution < -0.4 is 15.2 Å². The minimum absolute atomic E-state index is 0.00409. The first-order valence-corrected chi connectivity index (χ1v) is 13.7. The van der Waals surface area contributed by atoms with Crippen molar-refractivity contribution in [3.05, 3.63) is 106 Å². The Morgan fingerprint density at radius 1 is 1.20 bits per heavy atom. The zero-order valence-electron chi connectivity index (χ0n) is 23.4. The number of hydrogen-bond donors (Lipinski definition) is 1. The van der Waals surface area contributed by atoms with Gasteiger partial charge >= 0.3 is 11.7 Å². The predicted molar refractivity (Wildman–Crippen MR) is 156 cm³/mol. The average Bonchev–Trinajstić information content (AvgIpc) is 3.33. The summed E-state index contributed by atoms with van der Waals surface area (Å²) in [5, 5.41) is 9.15. The monoisotopic (exact) mass is 556 g/mol. The third-order valence-electron chi connectivity index (χ3n) is 7.74. The van der Waals surface area contributed by atoms with Gasteiger partial charge in [-0.15, -0.1) is 0 Å². The molecule has 8 heteroatoms. The van der Waals surface area contributed by atoms with E-state index >= 15 is 4.39 Å². The van der Waals surface area contributed by atoms with E-state index in [0.29, 0.717) is 24.5 Å². The number of nitrogens with zero attached hydrogens (tertiary/aromatic N) is 2. The van der Waals surface area contributed by atoms with Crippen molar-refractivity contribution >= 4 is 11.5 Å². The number of hydrogen-bond acceptors (Lipinski definition) is 5. The van der Waals surface area contributed by atoms with Crippen molar-refractivity contribution < 1.29 is 23.8 Å². The van der Waals surface area contributed by atoms with Crippen LogP contribution in [0, 0.1) is 13.8 Å². The van der Waals surface area contributed by atoms with Gasteiger partial charge in [-0.05, 0) is 73.1 Å². The molecule has 2 aliphatic rings. The summed E-state index contributed by atoms with van der Waals surface area (Å²) >= 11 is 0. The molecule has 1 N–H and O–H groups in total. The summed E-state index contributed by atoms with van der Waals surface area (Å²) in [4.78, 5) is 26.8. The van der Waals surface area contributed by atoms with Gasteiger partial charge in [-0.3, -0.25) is 4.79 Å². The van der Waals surface area contributed by atoms with Gasteiger partial charge in [0.2, 0.25) is 0 Å². The highest BCUT2D eigenvalue weighted by Gasteiger charge is 2.28. The highest BCUT2D eigenvalue weighted by molar-refractivity contribution is 5.76. The third kappa shape index (κ3) is 6.01. The number of aliphatic carboxylic acids is 1. The Morgan fingerprint density at radius 3 is 2.66 bits per heavy atom. The first-order valence-electron chi connectivity index (χ1n) is 13.7. The summed E-state index contributed by atoms with van der Waals surface area (Å²) in [6, 6.07) is 9.49. The van der Waals surface area contributed by atoms with Crippen molar-refractivity contribution in [1.82, 2.24) is 9.55 Å². The molecule has 0 amide bonds. The van der Waals surface area contributed by atoms with Gasteiger partial charge in [-0.2, -0.15) is 0 Å². The lowest BCUT2D eigenvalue weighted by atomic mass is 9.89. The standard InChI is InChI=1S/C33H33FN2O5/c1-19-12-23(25-16-35-33(39)36(4)17-25)13-20(2)32(19)22-6-5-7-29(21(3)28(34)11-8-22)41-26-9-10-27-24(14-31(37)38)18-40-30(27)15-26/h8-13,15-17,24,29H,3,5-7,14,18H2,1-2,4H3,(H,37,38)/b22-8+,28-11+/t24-,29-/m1/s1. The fraction of sp³-hybridized carbons (Fsp3) is 0.303. The Morgan fingerprint density at radius 2 is 1.95 bits per heavy atom. The van der Waals surface area contributed by atoms with Gasteiger partial charge in [0.15, 0.2) is 0 Å². The lowest BCUT2D eigenvalue weighted by molar-refractivity contribution is -0.137. The van der Waals surface area contributed by atoms with Crippen LogP contribution in [0.25, 0.3) is 16.7 Å². The molecule has 2 aromatic carbocycles. The Hall–Kier alpha value is -4.46. The molecule has 41 heavy (non-hydrogen) atoms. The van der Waals surface area contributed by atoms with E-state index in [1.54, 1.807) is 31.6 Å². The summed E-state index contributed by atoms with van der Waals surface area (Å²) in [5.74, 6) is -0.365. The normalized spacial score (nSPS) is 21.3. The molecule has 2 heterocycles. The number of aromatic nitrogens is 2. The molecule has 0 bridgehead atoms. The smallest absolute Gasteiger partial charge is 0.347 e. The topological polar surface area (TPSA) is 90.7 Å². The minimum Gasteiger partial charge on any atom is -0.492 e. The molecule has 1 aromatic heterocycles. The maximum atomic E-state index is 15.3. The molecular weight excluding hydrogens is 523 g/mol. The Balaban J connectivity index is 1.34. The summed E-state index contributed by atoms with van der Waals surface area (Å²) < 4.78 is 28.7. The fourth-order valence-electron chi connectivity index (χ4n) is 5.68. The maximum absolute atomic E-state index is 15.3. The molecule has 0 saturated heterocycles. The summed E-state index contributed by atoms with van der Waals surface area (Å²) in [6.07, 6.45) is 8.14. The van der Waals surface area contributed by atoms with Crippen LogP contribution in [-0.2, 0) is 11.8 Å². The Kier molecular flexibility index (Phi) is 7.92. The summed E-state index contributed by atoms with van der Waals surface area (Å²) in [6.45, 7) is 8.39. The first-order chi connectivity index (χ1) is 19.6. The Labute approximate surface area is 238 Å². The highest BCUT2D eigenvalue weighted by Crippen LogP contribution is 2.39. The predicted octanol–water partition coefficient (Wildman–Crippen LogP) is 6.44. The largest absolute Gasteiger partial charge is 0.492 e. The maximum Gasteiger partial charge on any atom is 0.347 e. The van der Waals surface area contributed by atoms with E-state index in [2.05, 4.69) is 23.7 Å². The van der Waals surface area contributed by atoms with Crippen molar-refractivity contribution in [1.29, 1.82) is 0 Å². The molecule has 7 nitrogen and oxygen atoms in total. The van der Waals surface area contributed by atoms with E-state index < -0.39 is 17.9 Å². The molecule has 0 unspecified atom stereocenters. The molecule has 0 spiro atoms. The van der Waals surface area contributed by atoms with E-state index in [9.17, 15) is 9.59 Å². The van der Waals surface area contributed by atoms with E-state index in [1.807, 2.05) is 26.0 Å². The van der Waals surface area contributed by atoms with E-state index in [1.165, 1.54) is 10.6 Å². The van der Waals surface area contributed by atoms with Crippen LogP contribution in [0.5, 0.6) is 11.5 Å². The van der Waals surface area contributed by atoms with Gasteiger partial charge in [0.1, 0.15) is 23.4 Å². The average molecular weight is 557 g/mol. The van der Waals surface area contributed by atoms with Gasteiger partial charge in [0.25, 0.3) is 0 Å².